The number of hydrogen-bond donors (Lipinski definition) is 1. The van der Waals surface area contributed by atoms with Crippen LogP contribution >= 0.6 is 0 Å². The molecule has 2 atom stereocenters. The third-order valence-corrected chi connectivity index (χ3v) is 5.92. The van der Waals surface area contributed by atoms with E-state index in [1.54, 1.807) is 16.4 Å². The van der Waals surface area contributed by atoms with Crippen molar-refractivity contribution >= 4 is 15.7 Å². The van der Waals surface area contributed by atoms with Gasteiger partial charge in [0.15, 0.2) is 0 Å². The number of fused-ring (bicyclic) bond motifs is 1. The normalized spacial score (nSPS) is 27.1. The molecule has 5 nitrogen and oxygen atoms in total. The van der Waals surface area contributed by atoms with E-state index in [0.717, 1.165) is 18.7 Å². The zero-order chi connectivity index (χ0) is 14.3. The summed E-state index contributed by atoms with van der Waals surface area (Å²) in [6, 6.07) is 5.26. The van der Waals surface area contributed by atoms with Crippen LogP contribution in [-0.4, -0.2) is 44.6 Å². The van der Waals surface area contributed by atoms with E-state index >= 15 is 0 Å². The summed E-state index contributed by atoms with van der Waals surface area (Å²) in [5.74, 6) is 0. The van der Waals surface area contributed by atoms with E-state index in [0.29, 0.717) is 18.0 Å². The van der Waals surface area contributed by atoms with E-state index < -0.39 is 10.0 Å². The average molecular weight is 296 g/mol. The molecule has 2 aliphatic heterocycles. The molecule has 1 saturated heterocycles. The fourth-order valence-corrected chi connectivity index (χ4v) is 4.49. The Balaban J connectivity index is 1.95. The number of anilines is 1. The number of sulfonamides is 1. The molecule has 2 unspecified atom stereocenters. The fourth-order valence-electron chi connectivity index (χ4n) is 2.77. The summed E-state index contributed by atoms with van der Waals surface area (Å²) in [6.07, 6.45) is 0.897. The highest BCUT2D eigenvalue weighted by Crippen LogP contribution is 2.28. The van der Waals surface area contributed by atoms with E-state index in [1.807, 2.05) is 19.9 Å². The minimum Gasteiger partial charge on any atom is -0.384 e. The molecule has 1 aromatic carbocycles. The first-order valence-electron chi connectivity index (χ1n) is 6.99. The highest BCUT2D eigenvalue weighted by atomic mass is 32.2. The summed E-state index contributed by atoms with van der Waals surface area (Å²) in [5.41, 5.74) is 2.13. The van der Waals surface area contributed by atoms with E-state index in [1.165, 1.54) is 5.56 Å². The maximum atomic E-state index is 12.8. The van der Waals surface area contributed by atoms with E-state index in [2.05, 4.69) is 5.32 Å². The number of ether oxygens (including phenoxy) is 1. The largest absolute Gasteiger partial charge is 0.384 e. The molecular weight excluding hydrogens is 276 g/mol. The third-order valence-electron chi connectivity index (χ3n) is 3.95. The monoisotopic (exact) mass is 296 g/mol. The van der Waals surface area contributed by atoms with Crippen LogP contribution in [0.25, 0.3) is 0 Å². The number of hydrogen-bond acceptors (Lipinski definition) is 4. The lowest BCUT2D eigenvalue weighted by Crippen LogP contribution is -2.50. The number of benzene rings is 1. The quantitative estimate of drug-likeness (QED) is 0.897. The molecule has 20 heavy (non-hydrogen) atoms. The second kappa shape index (κ2) is 5.02. The maximum Gasteiger partial charge on any atom is 0.243 e. The zero-order valence-electron chi connectivity index (χ0n) is 11.8. The zero-order valence-corrected chi connectivity index (χ0v) is 12.6. The number of nitrogens with zero attached hydrogens (tertiary/aromatic N) is 1. The average Bonchev–Trinajstić information content (AvgIpc) is 2.88. The lowest BCUT2D eigenvalue weighted by atomic mass is 10.2. The smallest absolute Gasteiger partial charge is 0.243 e. The van der Waals surface area contributed by atoms with Gasteiger partial charge in [-0.15, -0.1) is 0 Å². The first-order chi connectivity index (χ1) is 9.48. The van der Waals surface area contributed by atoms with Crippen molar-refractivity contribution in [2.24, 2.45) is 0 Å². The highest BCUT2D eigenvalue weighted by molar-refractivity contribution is 7.89. The van der Waals surface area contributed by atoms with Crippen LogP contribution in [-0.2, 0) is 21.2 Å². The Bertz CT molecular complexity index is 615. The van der Waals surface area contributed by atoms with Gasteiger partial charge in [0, 0.05) is 24.8 Å². The van der Waals surface area contributed by atoms with Crippen molar-refractivity contribution in [3.8, 4) is 0 Å². The second-order valence-electron chi connectivity index (χ2n) is 5.56. The lowest BCUT2D eigenvalue weighted by molar-refractivity contribution is -0.0170. The van der Waals surface area contributed by atoms with Gasteiger partial charge in [-0.1, -0.05) is 6.07 Å². The van der Waals surface area contributed by atoms with Crippen molar-refractivity contribution in [1.82, 2.24) is 4.31 Å². The van der Waals surface area contributed by atoms with Crippen LogP contribution < -0.4 is 5.32 Å². The van der Waals surface area contributed by atoms with Crippen LogP contribution in [0.3, 0.4) is 0 Å². The van der Waals surface area contributed by atoms with Crippen LogP contribution in [0.5, 0.6) is 0 Å². The predicted molar refractivity (Wildman–Crippen MR) is 77.4 cm³/mol. The van der Waals surface area contributed by atoms with Crippen molar-refractivity contribution in [3.05, 3.63) is 23.8 Å². The Labute approximate surface area is 120 Å². The van der Waals surface area contributed by atoms with Gasteiger partial charge in [0.1, 0.15) is 0 Å². The number of rotatable bonds is 2. The minimum absolute atomic E-state index is 0.0615. The molecular formula is C14H20N2O3S. The van der Waals surface area contributed by atoms with E-state index in [-0.39, 0.29) is 12.1 Å². The Kier molecular flexibility index (Phi) is 3.48. The van der Waals surface area contributed by atoms with Gasteiger partial charge in [-0.05, 0) is 38.0 Å². The van der Waals surface area contributed by atoms with Crippen LogP contribution in [0.15, 0.2) is 23.1 Å². The standard InChI is InChI=1S/C14H20N2O3S/c1-10-9-19-11(2)8-16(10)20(17,18)13-4-3-12-5-6-15-14(12)7-13/h3-4,7,10-11,15H,5-6,8-9H2,1-2H3. The topological polar surface area (TPSA) is 58.6 Å². The summed E-state index contributed by atoms with van der Waals surface area (Å²) < 4.78 is 32.6. The van der Waals surface area contributed by atoms with Crippen molar-refractivity contribution < 1.29 is 13.2 Å². The number of morpholine rings is 1. The van der Waals surface area contributed by atoms with Gasteiger partial charge in [0.05, 0.1) is 17.6 Å². The van der Waals surface area contributed by atoms with Gasteiger partial charge < -0.3 is 10.1 Å². The van der Waals surface area contributed by atoms with Crippen LogP contribution in [0, 0.1) is 0 Å². The molecule has 3 rings (SSSR count). The second-order valence-corrected chi connectivity index (χ2v) is 7.45. The summed E-state index contributed by atoms with van der Waals surface area (Å²) in [4.78, 5) is 0.367. The van der Waals surface area contributed by atoms with Gasteiger partial charge in [0.25, 0.3) is 0 Å². The molecule has 0 amide bonds. The Morgan fingerprint density at radius 1 is 1.35 bits per heavy atom. The van der Waals surface area contributed by atoms with Crippen molar-refractivity contribution in [1.29, 1.82) is 0 Å². The van der Waals surface area contributed by atoms with Gasteiger partial charge in [0.2, 0.25) is 10.0 Å². The Morgan fingerprint density at radius 3 is 2.95 bits per heavy atom. The van der Waals surface area contributed by atoms with Crippen LogP contribution in [0.4, 0.5) is 5.69 Å². The first-order valence-corrected chi connectivity index (χ1v) is 8.43. The molecule has 0 bridgehead atoms. The van der Waals surface area contributed by atoms with Gasteiger partial charge in [-0.25, -0.2) is 8.42 Å². The minimum atomic E-state index is -3.45. The first kappa shape index (κ1) is 13.9. The van der Waals surface area contributed by atoms with E-state index in [9.17, 15) is 8.42 Å². The molecule has 0 aliphatic carbocycles. The molecule has 0 radical (unpaired) electrons. The Morgan fingerprint density at radius 2 is 2.15 bits per heavy atom. The summed E-state index contributed by atoms with van der Waals surface area (Å²) >= 11 is 0. The summed E-state index contributed by atoms with van der Waals surface area (Å²) in [5, 5.41) is 3.23. The van der Waals surface area contributed by atoms with Crippen LogP contribution in [0.2, 0.25) is 0 Å². The molecule has 0 spiro atoms. The lowest BCUT2D eigenvalue weighted by Gasteiger charge is -2.35. The third kappa shape index (κ3) is 2.32. The molecule has 1 fully saturated rings. The SMILES string of the molecule is CC1CN(S(=O)(=O)c2ccc3c(c2)NCC3)C(C)CO1. The number of nitrogens with one attached hydrogen (secondary N) is 1. The van der Waals surface area contributed by atoms with Gasteiger partial charge in [-0.2, -0.15) is 4.31 Å². The highest BCUT2D eigenvalue weighted by Gasteiger charge is 2.34. The van der Waals surface area contributed by atoms with Crippen LogP contribution in [0.1, 0.15) is 19.4 Å². The molecule has 2 aliphatic rings. The fraction of sp³-hybridized carbons (Fsp3) is 0.571. The van der Waals surface area contributed by atoms with E-state index in [4.69, 9.17) is 4.74 Å². The van der Waals surface area contributed by atoms with Crippen molar-refractivity contribution in [2.45, 2.75) is 37.3 Å². The molecule has 1 aromatic rings. The maximum absolute atomic E-state index is 12.8. The van der Waals surface area contributed by atoms with Crippen molar-refractivity contribution in [3.63, 3.8) is 0 Å². The predicted octanol–water partition coefficient (Wildman–Crippen LogP) is 1.45. The molecule has 2 heterocycles. The molecule has 0 saturated carbocycles. The van der Waals surface area contributed by atoms with Gasteiger partial charge in [-0.3, -0.25) is 0 Å². The molecule has 0 aromatic heterocycles. The summed E-state index contributed by atoms with van der Waals surface area (Å²) in [6.45, 7) is 5.52. The molecule has 110 valence electrons. The molecule has 1 N–H and O–H groups in total. The summed E-state index contributed by atoms with van der Waals surface area (Å²) in [7, 11) is -3.45. The molecule has 6 heteroatoms. The van der Waals surface area contributed by atoms with Gasteiger partial charge >= 0.3 is 0 Å². The Hall–Kier alpha value is -1.11. The van der Waals surface area contributed by atoms with Crippen molar-refractivity contribution in [2.75, 3.05) is 25.0 Å².